The van der Waals surface area contributed by atoms with Gasteiger partial charge in [-0.25, -0.2) is 0 Å². The van der Waals surface area contributed by atoms with Crippen LogP contribution in [0.2, 0.25) is 0 Å². The summed E-state index contributed by atoms with van der Waals surface area (Å²) >= 11 is 0. The lowest BCUT2D eigenvalue weighted by molar-refractivity contribution is 0.401. The molecule has 0 amide bonds. The third-order valence-electron chi connectivity index (χ3n) is 18.5. The minimum absolute atomic E-state index is 0.389. The zero-order valence-electron chi connectivity index (χ0n) is 55.2. The standard InChI is InChI=1S/C76H152N2/c1-5-9-13-17-21-25-29-33-37-41-45-49-53-57-61-65-69-75(77,70-66-62-58-54-50-46-42-38-34-30-26-22-18-14-10-6-2)73-74-76(78,71-67-63-59-55-51-47-43-39-35-31-27-23-19-15-11-7-3)72-68-64-60-56-52-48-44-40-36-32-28-24-20-16-12-8-4/h5-72,77-78H2,1-4H3. The van der Waals surface area contributed by atoms with Crippen LogP contribution in [-0.2, 0) is 0 Å². The van der Waals surface area contributed by atoms with Gasteiger partial charge in [-0.1, -0.05) is 450 Å². The first-order valence-corrected chi connectivity index (χ1v) is 37.6. The van der Waals surface area contributed by atoms with E-state index in [2.05, 4.69) is 39.5 Å². The molecule has 0 aliphatic heterocycles. The molecule has 0 aliphatic rings. The molecule has 0 aromatic heterocycles. The van der Waals surface area contributed by atoms with E-state index in [4.69, 9.17) is 11.5 Å². The van der Waals surface area contributed by atoms with Crippen molar-refractivity contribution in [2.24, 2.45) is 11.5 Å². The van der Waals surface area contributed by atoms with Crippen LogP contribution >= 0.6 is 0 Å². The molecule has 0 fully saturated rings. The molecule has 0 rings (SSSR count). The lowest BCUT2D eigenvalue weighted by Gasteiger charge is -2.28. The highest BCUT2D eigenvalue weighted by Gasteiger charge is 2.26. The summed E-state index contributed by atoms with van der Waals surface area (Å²) in [7, 11) is 0. The lowest BCUT2D eigenvalue weighted by Crippen LogP contribution is -2.42. The van der Waals surface area contributed by atoms with E-state index in [0.29, 0.717) is 0 Å². The Balaban J connectivity index is 5.19. The molecule has 0 aromatic carbocycles. The third-order valence-corrected chi connectivity index (χ3v) is 18.5. The maximum atomic E-state index is 7.48. The van der Waals surface area contributed by atoms with Crippen molar-refractivity contribution < 1.29 is 0 Å². The number of hydrogen-bond donors (Lipinski definition) is 2. The summed E-state index contributed by atoms with van der Waals surface area (Å²) in [6.07, 6.45) is 94.3. The van der Waals surface area contributed by atoms with Crippen LogP contribution in [0.5, 0.6) is 0 Å². The Morgan fingerprint density at radius 3 is 0.346 bits per heavy atom. The van der Waals surface area contributed by atoms with Crippen molar-refractivity contribution >= 4 is 0 Å². The zero-order valence-corrected chi connectivity index (χ0v) is 55.2. The van der Waals surface area contributed by atoms with E-state index in [1.165, 1.54) is 411 Å². The molecule has 78 heavy (non-hydrogen) atoms. The van der Waals surface area contributed by atoms with E-state index in [9.17, 15) is 0 Å². The fourth-order valence-corrected chi connectivity index (χ4v) is 12.7. The molecular formula is C76H152N2. The van der Waals surface area contributed by atoms with Gasteiger partial charge in [0.1, 0.15) is 0 Å². The normalized spacial score (nSPS) is 12.0. The third kappa shape index (κ3) is 61.5. The van der Waals surface area contributed by atoms with Gasteiger partial charge in [-0.2, -0.15) is 0 Å². The van der Waals surface area contributed by atoms with Crippen LogP contribution in [0, 0.1) is 11.8 Å². The van der Waals surface area contributed by atoms with Gasteiger partial charge >= 0.3 is 0 Å². The van der Waals surface area contributed by atoms with Gasteiger partial charge in [-0.05, 0) is 25.7 Å². The van der Waals surface area contributed by atoms with Crippen molar-refractivity contribution in [3.8, 4) is 11.8 Å². The highest BCUT2D eigenvalue weighted by Crippen LogP contribution is 2.26. The summed E-state index contributed by atoms with van der Waals surface area (Å²) in [5, 5.41) is 0. The van der Waals surface area contributed by atoms with E-state index in [-0.39, 0.29) is 11.1 Å². The van der Waals surface area contributed by atoms with Crippen molar-refractivity contribution in [1.29, 1.82) is 0 Å². The van der Waals surface area contributed by atoms with E-state index >= 15 is 0 Å². The van der Waals surface area contributed by atoms with E-state index in [1.54, 1.807) is 0 Å². The highest BCUT2D eigenvalue weighted by molar-refractivity contribution is 5.24. The summed E-state index contributed by atoms with van der Waals surface area (Å²) in [5.41, 5.74) is 14.2. The maximum absolute atomic E-state index is 7.48. The Kier molecular flexibility index (Phi) is 65.2. The SMILES string of the molecule is CCCCCCCCCCCCCCCCCCC(N)(C#CC(N)(CCCCCCCCCCCCCCCCCC)CCCCCCCCCCCCCCCCCC)CCCCCCCCCCCCCCCCCC. The largest absolute Gasteiger partial charge is 0.315 e. The number of unbranched alkanes of at least 4 members (excludes halogenated alkanes) is 60. The van der Waals surface area contributed by atoms with E-state index in [1.807, 2.05) is 0 Å². The molecule has 0 spiro atoms. The van der Waals surface area contributed by atoms with Gasteiger partial charge in [0.2, 0.25) is 0 Å². The molecule has 0 unspecified atom stereocenters. The van der Waals surface area contributed by atoms with E-state index in [0.717, 1.165) is 25.7 Å². The van der Waals surface area contributed by atoms with Crippen LogP contribution in [0.15, 0.2) is 0 Å². The maximum Gasteiger partial charge on any atom is 0.0776 e. The van der Waals surface area contributed by atoms with Gasteiger partial charge < -0.3 is 11.5 Å². The molecule has 0 heterocycles. The molecule has 0 saturated heterocycles. The first kappa shape index (κ1) is 77.5. The first-order chi connectivity index (χ1) is 38.4. The predicted molar refractivity (Wildman–Crippen MR) is 358 cm³/mol. The van der Waals surface area contributed by atoms with Gasteiger partial charge in [0, 0.05) is 0 Å². The van der Waals surface area contributed by atoms with Crippen LogP contribution in [0.4, 0.5) is 0 Å². The molecule has 4 N–H and O–H groups in total. The topological polar surface area (TPSA) is 52.0 Å². The lowest BCUT2D eigenvalue weighted by atomic mass is 9.83. The zero-order chi connectivity index (χ0) is 56.5. The Morgan fingerprint density at radius 1 is 0.154 bits per heavy atom. The molecule has 466 valence electrons. The van der Waals surface area contributed by atoms with E-state index < -0.39 is 0 Å². The van der Waals surface area contributed by atoms with Gasteiger partial charge in [0.15, 0.2) is 0 Å². The number of rotatable bonds is 68. The summed E-state index contributed by atoms with van der Waals surface area (Å²) < 4.78 is 0. The molecule has 2 nitrogen and oxygen atoms in total. The van der Waals surface area contributed by atoms with Crippen LogP contribution in [-0.4, -0.2) is 11.1 Å². The molecule has 0 saturated carbocycles. The highest BCUT2D eigenvalue weighted by atomic mass is 14.7. The number of nitrogens with two attached hydrogens (primary N) is 2. The number of hydrogen-bond acceptors (Lipinski definition) is 2. The second kappa shape index (κ2) is 65.6. The monoisotopic (exact) mass is 1090 g/mol. The van der Waals surface area contributed by atoms with Gasteiger partial charge in [0.25, 0.3) is 0 Å². The fraction of sp³-hybridized carbons (Fsp3) is 0.974. The van der Waals surface area contributed by atoms with Crippen molar-refractivity contribution in [2.75, 3.05) is 0 Å². The molecule has 0 atom stereocenters. The average molecular weight is 1090 g/mol. The fourth-order valence-electron chi connectivity index (χ4n) is 12.7. The smallest absolute Gasteiger partial charge is 0.0776 e. The Labute approximate surface area is 496 Å². The summed E-state index contributed by atoms with van der Waals surface area (Å²) in [5.74, 6) is 7.71. The Morgan fingerprint density at radius 2 is 0.244 bits per heavy atom. The van der Waals surface area contributed by atoms with Crippen molar-refractivity contribution in [2.45, 2.75) is 475 Å². The predicted octanol–water partition coefficient (Wildman–Crippen LogP) is 27.0. The molecule has 0 radical (unpaired) electrons. The second-order valence-corrected chi connectivity index (χ2v) is 26.8. The minimum atomic E-state index is -0.389. The van der Waals surface area contributed by atoms with Gasteiger partial charge in [-0.3, -0.25) is 0 Å². The van der Waals surface area contributed by atoms with Crippen molar-refractivity contribution in [3.05, 3.63) is 0 Å². The molecule has 0 aromatic rings. The van der Waals surface area contributed by atoms with Crippen LogP contribution in [0.25, 0.3) is 0 Å². The first-order valence-electron chi connectivity index (χ1n) is 37.6. The Bertz CT molecular complexity index is 990. The second-order valence-electron chi connectivity index (χ2n) is 26.8. The molecule has 0 aliphatic carbocycles. The Hall–Kier alpha value is -0.520. The summed E-state index contributed by atoms with van der Waals surface area (Å²) in [6.45, 7) is 9.28. The quantitative estimate of drug-likeness (QED) is 0.0471. The van der Waals surface area contributed by atoms with Crippen molar-refractivity contribution in [3.63, 3.8) is 0 Å². The molecule has 0 bridgehead atoms. The average Bonchev–Trinajstić information content (AvgIpc) is 3.44. The molecule has 2 heteroatoms. The van der Waals surface area contributed by atoms with Crippen LogP contribution < -0.4 is 11.5 Å². The van der Waals surface area contributed by atoms with Crippen LogP contribution in [0.1, 0.15) is 464 Å². The minimum Gasteiger partial charge on any atom is -0.315 e. The summed E-state index contributed by atoms with van der Waals surface area (Å²) in [4.78, 5) is 0. The van der Waals surface area contributed by atoms with Crippen LogP contribution in [0.3, 0.4) is 0 Å². The van der Waals surface area contributed by atoms with Crippen molar-refractivity contribution in [1.82, 2.24) is 0 Å². The molecular weight excluding hydrogens is 941 g/mol. The summed E-state index contributed by atoms with van der Waals surface area (Å²) in [6, 6.07) is 0. The van der Waals surface area contributed by atoms with Gasteiger partial charge in [-0.15, -0.1) is 0 Å². The van der Waals surface area contributed by atoms with Gasteiger partial charge in [0.05, 0.1) is 11.1 Å².